The van der Waals surface area contributed by atoms with Gasteiger partial charge < -0.3 is 19.5 Å². The van der Waals surface area contributed by atoms with Gasteiger partial charge in [-0.15, -0.1) is 0 Å². The number of hydrogen-bond acceptors (Lipinski definition) is 6. The van der Waals surface area contributed by atoms with Crippen molar-refractivity contribution < 1.29 is 14.4 Å². The molecule has 3 heterocycles. The molecule has 1 amide bonds. The van der Waals surface area contributed by atoms with Gasteiger partial charge in [0.25, 0.3) is 5.89 Å². The van der Waals surface area contributed by atoms with Gasteiger partial charge in [-0.3, -0.25) is 4.68 Å². The van der Waals surface area contributed by atoms with Gasteiger partial charge in [0.15, 0.2) is 11.5 Å². The Kier molecular flexibility index (Phi) is 4.06. The van der Waals surface area contributed by atoms with Crippen LogP contribution in [0, 0.1) is 0 Å². The number of aryl methyl sites for hydroxylation is 2. The normalized spacial score (nSPS) is 11.1. The number of imidazole rings is 1. The highest BCUT2D eigenvalue weighted by atomic mass is 16.5. The number of fused-ring (bicyclic) bond motifs is 1. The van der Waals surface area contributed by atoms with Crippen molar-refractivity contribution in [3.8, 4) is 11.6 Å². The molecule has 10 heteroatoms. The van der Waals surface area contributed by atoms with Gasteiger partial charge in [0.05, 0.1) is 24.9 Å². The minimum Gasteiger partial charge on any atom is -0.465 e. The number of para-hydroxylation sites is 1. The monoisotopic (exact) mass is 353 g/mol. The summed E-state index contributed by atoms with van der Waals surface area (Å²) in [4.78, 5) is 18.8. The SMILES string of the molecule is O=C(O)NCc1noc(-c2nn(CCn3ccnc3)c3ccccc23)n1. The zero-order valence-corrected chi connectivity index (χ0v) is 13.6. The van der Waals surface area contributed by atoms with E-state index in [1.54, 1.807) is 12.5 Å². The molecular weight excluding hydrogens is 338 g/mol. The second kappa shape index (κ2) is 6.67. The van der Waals surface area contributed by atoms with E-state index in [4.69, 9.17) is 9.63 Å². The van der Waals surface area contributed by atoms with E-state index >= 15 is 0 Å². The van der Waals surface area contributed by atoms with Crippen LogP contribution in [0.4, 0.5) is 4.79 Å². The summed E-state index contributed by atoms with van der Waals surface area (Å²) in [5.41, 5.74) is 1.52. The molecule has 0 saturated heterocycles. The van der Waals surface area contributed by atoms with E-state index in [2.05, 4.69) is 25.5 Å². The van der Waals surface area contributed by atoms with Crippen LogP contribution in [0.5, 0.6) is 0 Å². The maximum Gasteiger partial charge on any atom is 0.405 e. The lowest BCUT2D eigenvalue weighted by Gasteiger charge is -2.04. The molecule has 1 aromatic carbocycles. The van der Waals surface area contributed by atoms with Gasteiger partial charge in [-0.25, -0.2) is 9.78 Å². The number of carbonyl (C=O) groups is 1. The summed E-state index contributed by atoms with van der Waals surface area (Å²) in [6.07, 6.45) is 4.24. The molecule has 0 spiro atoms. The zero-order chi connectivity index (χ0) is 17.9. The standard InChI is InChI=1S/C16H15N7O3/c24-16(25)18-9-13-19-15(26-21-13)14-11-3-1-2-4-12(11)23(20-14)8-7-22-6-5-17-10-22/h1-6,10,18H,7-9H2,(H,24,25). The minimum atomic E-state index is -1.15. The number of nitrogens with one attached hydrogen (secondary N) is 1. The van der Waals surface area contributed by atoms with E-state index in [0.717, 1.165) is 17.4 Å². The fraction of sp³-hybridized carbons (Fsp3) is 0.188. The highest BCUT2D eigenvalue weighted by molar-refractivity contribution is 5.91. The van der Waals surface area contributed by atoms with Gasteiger partial charge in [-0.2, -0.15) is 10.1 Å². The number of rotatable bonds is 6. The Morgan fingerprint density at radius 1 is 1.27 bits per heavy atom. The number of amides is 1. The lowest BCUT2D eigenvalue weighted by atomic mass is 10.2. The van der Waals surface area contributed by atoms with Crippen LogP contribution in [0.1, 0.15) is 5.82 Å². The van der Waals surface area contributed by atoms with Crippen LogP contribution >= 0.6 is 0 Å². The van der Waals surface area contributed by atoms with Crippen molar-refractivity contribution in [1.82, 2.24) is 34.8 Å². The first-order chi connectivity index (χ1) is 12.7. The Hall–Kier alpha value is -3.69. The van der Waals surface area contributed by atoms with E-state index in [-0.39, 0.29) is 18.3 Å². The van der Waals surface area contributed by atoms with Crippen LogP contribution in [0.3, 0.4) is 0 Å². The molecule has 0 saturated carbocycles. The lowest BCUT2D eigenvalue weighted by Crippen LogP contribution is -2.20. The molecule has 2 N–H and O–H groups in total. The van der Waals surface area contributed by atoms with Gasteiger partial charge in [0.1, 0.15) is 0 Å². The fourth-order valence-corrected chi connectivity index (χ4v) is 2.66. The van der Waals surface area contributed by atoms with E-state index in [1.807, 2.05) is 39.7 Å². The zero-order valence-electron chi connectivity index (χ0n) is 13.6. The predicted octanol–water partition coefficient (Wildman–Crippen LogP) is 1.75. The summed E-state index contributed by atoms with van der Waals surface area (Å²) in [6.45, 7) is 1.35. The maximum atomic E-state index is 10.6. The molecule has 0 fully saturated rings. The summed E-state index contributed by atoms with van der Waals surface area (Å²) in [7, 11) is 0. The summed E-state index contributed by atoms with van der Waals surface area (Å²) >= 11 is 0. The van der Waals surface area contributed by atoms with Gasteiger partial charge >= 0.3 is 6.09 Å². The van der Waals surface area contributed by atoms with E-state index in [9.17, 15) is 4.79 Å². The average Bonchev–Trinajstić information content (AvgIpc) is 3.37. The molecule has 3 aromatic heterocycles. The van der Waals surface area contributed by atoms with Crippen LogP contribution < -0.4 is 5.32 Å². The first kappa shape index (κ1) is 15.8. The molecule has 10 nitrogen and oxygen atoms in total. The van der Waals surface area contributed by atoms with Crippen LogP contribution in [-0.4, -0.2) is 40.7 Å². The van der Waals surface area contributed by atoms with Crippen LogP contribution in [0.2, 0.25) is 0 Å². The third-order valence-electron chi connectivity index (χ3n) is 3.86. The van der Waals surface area contributed by atoms with Crippen LogP contribution in [0.15, 0.2) is 47.5 Å². The molecule has 0 bridgehead atoms. The third-order valence-corrected chi connectivity index (χ3v) is 3.86. The molecule has 4 aromatic rings. The second-order valence-electron chi connectivity index (χ2n) is 5.56. The molecule has 0 aliphatic carbocycles. The smallest absolute Gasteiger partial charge is 0.405 e. The highest BCUT2D eigenvalue weighted by Crippen LogP contribution is 2.26. The summed E-state index contributed by atoms with van der Waals surface area (Å²) in [5.74, 6) is 0.504. The first-order valence-corrected chi connectivity index (χ1v) is 7.92. The second-order valence-corrected chi connectivity index (χ2v) is 5.56. The topological polar surface area (TPSA) is 124 Å². The predicted molar refractivity (Wildman–Crippen MR) is 90.1 cm³/mol. The Balaban J connectivity index is 1.64. The van der Waals surface area contributed by atoms with Gasteiger partial charge in [-0.1, -0.05) is 23.4 Å². The Bertz CT molecular complexity index is 1040. The van der Waals surface area contributed by atoms with E-state index < -0.39 is 6.09 Å². The number of aromatic nitrogens is 6. The van der Waals surface area contributed by atoms with Crippen molar-refractivity contribution in [2.24, 2.45) is 0 Å². The molecule has 132 valence electrons. The first-order valence-electron chi connectivity index (χ1n) is 7.92. The van der Waals surface area contributed by atoms with E-state index in [0.29, 0.717) is 12.2 Å². The van der Waals surface area contributed by atoms with Crippen molar-refractivity contribution in [1.29, 1.82) is 0 Å². The summed E-state index contributed by atoms with van der Waals surface area (Å²) in [6, 6.07) is 7.77. The van der Waals surface area contributed by atoms with Gasteiger partial charge in [0.2, 0.25) is 0 Å². The molecule has 0 aliphatic rings. The summed E-state index contributed by atoms with van der Waals surface area (Å²) in [5, 5.41) is 20.2. The average molecular weight is 353 g/mol. The van der Waals surface area contributed by atoms with Crippen molar-refractivity contribution in [2.75, 3.05) is 0 Å². The Morgan fingerprint density at radius 3 is 2.96 bits per heavy atom. The fourth-order valence-electron chi connectivity index (χ4n) is 2.66. The van der Waals surface area contributed by atoms with Crippen LogP contribution in [0.25, 0.3) is 22.5 Å². The molecule has 0 unspecified atom stereocenters. The minimum absolute atomic E-state index is 0.0297. The van der Waals surface area contributed by atoms with Crippen molar-refractivity contribution >= 4 is 17.0 Å². The molecule has 26 heavy (non-hydrogen) atoms. The lowest BCUT2D eigenvalue weighted by molar-refractivity contribution is 0.193. The quantitative estimate of drug-likeness (QED) is 0.541. The molecule has 0 aliphatic heterocycles. The largest absolute Gasteiger partial charge is 0.465 e. The number of benzene rings is 1. The Labute approximate surface area is 147 Å². The van der Waals surface area contributed by atoms with Crippen LogP contribution in [-0.2, 0) is 19.6 Å². The highest BCUT2D eigenvalue weighted by Gasteiger charge is 2.18. The number of carboxylic acid groups (broad SMARTS) is 1. The van der Waals surface area contributed by atoms with Crippen molar-refractivity contribution in [2.45, 2.75) is 19.6 Å². The number of hydrogen-bond donors (Lipinski definition) is 2. The summed E-state index contributed by atoms with van der Waals surface area (Å²) < 4.78 is 9.12. The maximum absolute atomic E-state index is 10.6. The molecular formula is C16H15N7O3. The molecule has 4 rings (SSSR count). The van der Waals surface area contributed by atoms with E-state index in [1.165, 1.54) is 0 Å². The molecule has 0 radical (unpaired) electrons. The number of nitrogens with zero attached hydrogens (tertiary/aromatic N) is 6. The third kappa shape index (κ3) is 3.11. The van der Waals surface area contributed by atoms with Gasteiger partial charge in [-0.05, 0) is 6.07 Å². The van der Waals surface area contributed by atoms with Gasteiger partial charge in [0, 0.05) is 24.3 Å². The van der Waals surface area contributed by atoms with Crippen molar-refractivity contribution in [3.63, 3.8) is 0 Å². The Morgan fingerprint density at radius 2 is 2.15 bits per heavy atom. The molecule has 0 atom stereocenters. The van der Waals surface area contributed by atoms with Crippen molar-refractivity contribution in [3.05, 3.63) is 48.8 Å².